The summed E-state index contributed by atoms with van der Waals surface area (Å²) in [6.45, 7) is 1.47. The molecule has 1 aromatic rings. The lowest BCUT2D eigenvalue weighted by atomic mass is 10.2. The lowest BCUT2D eigenvalue weighted by Crippen LogP contribution is -2.51. The van der Waals surface area contributed by atoms with Crippen molar-refractivity contribution in [2.24, 2.45) is 0 Å². The number of hydrogen-bond acceptors (Lipinski definition) is 5. The highest BCUT2D eigenvalue weighted by Gasteiger charge is 2.26. The molecule has 0 bridgehead atoms. The number of ether oxygens (including phenoxy) is 1. The number of aliphatic hydroxyl groups excluding tert-OH is 1. The molecule has 1 aliphatic heterocycles. The van der Waals surface area contributed by atoms with E-state index in [0.717, 1.165) is 4.90 Å². The van der Waals surface area contributed by atoms with Gasteiger partial charge in [0.05, 0.1) is 31.6 Å². The molecule has 1 aromatic heterocycles. The number of morpholine rings is 1. The highest BCUT2D eigenvalue weighted by molar-refractivity contribution is 8.00. The topological polar surface area (TPSA) is 62.7 Å². The van der Waals surface area contributed by atoms with Crippen LogP contribution in [0, 0.1) is 0 Å². The Morgan fingerprint density at radius 3 is 3.06 bits per heavy atom. The van der Waals surface area contributed by atoms with Crippen LogP contribution in [0.5, 0.6) is 0 Å². The molecule has 1 atom stereocenters. The van der Waals surface area contributed by atoms with Gasteiger partial charge >= 0.3 is 0 Å². The van der Waals surface area contributed by atoms with Crippen molar-refractivity contribution in [1.82, 2.24) is 9.88 Å². The molecule has 1 N–H and O–H groups in total. The molecule has 1 saturated heterocycles. The van der Waals surface area contributed by atoms with Crippen molar-refractivity contribution in [2.45, 2.75) is 10.9 Å². The van der Waals surface area contributed by atoms with Gasteiger partial charge < -0.3 is 14.7 Å². The summed E-state index contributed by atoms with van der Waals surface area (Å²) in [5.41, 5.74) is 0. The number of rotatable bonds is 4. The number of aromatic nitrogens is 1. The largest absolute Gasteiger partial charge is 0.394 e. The molecule has 0 unspecified atom stereocenters. The average Bonchev–Trinajstić information content (AvgIpc) is 2.45. The van der Waals surface area contributed by atoms with Gasteiger partial charge in [0.15, 0.2) is 0 Å². The van der Waals surface area contributed by atoms with Crippen LogP contribution in [-0.4, -0.2) is 59.1 Å². The van der Waals surface area contributed by atoms with Crippen molar-refractivity contribution in [3.63, 3.8) is 0 Å². The fourth-order valence-corrected chi connectivity index (χ4v) is 2.57. The van der Waals surface area contributed by atoms with Gasteiger partial charge in [-0.05, 0) is 12.1 Å². The first-order chi connectivity index (χ1) is 8.81. The van der Waals surface area contributed by atoms with Crippen LogP contribution in [0.15, 0.2) is 29.4 Å². The highest BCUT2D eigenvalue weighted by Crippen LogP contribution is 2.18. The molecule has 5 nitrogen and oxygen atoms in total. The van der Waals surface area contributed by atoms with Crippen LogP contribution < -0.4 is 0 Å². The Hall–Kier alpha value is -1.11. The summed E-state index contributed by atoms with van der Waals surface area (Å²) < 4.78 is 5.25. The van der Waals surface area contributed by atoms with E-state index in [1.165, 1.54) is 11.8 Å². The van der Waals surface area contributed by atoms with Gasteiger partial charge in [-0.1, -0.05) is 0 Å². The molecule has 1 aliphatic rings. The zero-order valence-corrected chi connectivity index (χ0v) is 10.8. The van der Waals surface area contributed by atoms with Gasteiger partial charge in [-0.25, -0.2) is 0 Å². The summed E-state index contributed by atoms with van der Waals surface area (Å²) in [6, 6.07) is 3.55. The second-order valence-electron chi connectivity index (χ2n) is 3.97. The standard InChI is InChI=1S/C12H16N2O3S/c15-7-10-8-17-6-5-14(10)12(16)9-18-11-1-3-13-4-2-11/h1-4,10,15H,5-9H2/t10-/m0/s1. The Bertz CT molecular complexity index is 388. The second-order valence-corrected chi connectivity index (χ2v) is 5.02. The van der Waals surface area contributed by atoms with Gasteiger partial charge in [-0.15, -0.1) is 11.8 Å². The molecule has 98 valence electrons. The number of carbonyl (C=O) groups is 1. The van der Waals surface area contributed by atoms with E-state index in [9.17, 15) is 9.90 Å². The van der Waals surface area contributed by atoms with E-state index >= 15 is 0 Å². The molecule has 0 aromatic carbocycles. The smallest absolute Gasteiger partial charge is 0.233 e. The molecule has 18 heavy (non-hydrogen) atoms. The van der Waals surface area contributed by atoms with Crippen LogP contribution in [0.2, 0.25) is 0 Å². The number of carbonyl (C=O) groups excluding carboxylic acids is 1. The highest BCUT2D eigenvalue weighted by atomic mass is 32.2. The molecular weight excluding hydrogens is 252 g/mol. The van der Waals surface area contributed by atoms with Crippen molar-refractivity contribution in [1.29, 1.82) is 0 Å². The third-order valence-electron chi connectivity index (χ3n) is 2.77. The van der Waals surface area contributed by atoms with Crippen LogP contribution in [0.25, 0.3) is 0 Å². The van der Waals surface area contributed by atoms with Crippen molar-refractivity contribution < 1.29 is 14.6 Å². The first-order valence-electron chi connectivity index (χ1n) is 5.82. The Morgan fingerprint density at radius 1 is 1.56 bits per heavy atom. The maximum Gasteiger partial charge on any atom is 0.233 e. The summed E-state index contributed by atoms with van der Waals surface area (Å²) in [7, 11) is 0. The molecule has 6 heteroatoms. The van der Waals surface area contributed by atoms with Crippen LogP contribution in [0.3, 0.4) is 0 Å². The van der Waals surface area contributed by atoms with Crippen molar-refractivity contribution >= 4 is 17.7 Å². The fourth-order valence-electron chi connectivity index (χ4n) is 1.80. The first kappa shape index (κ1) is 13.3. The summed E-state index contributed by atoms with van der Waals surface area (Å²) in [6.07, 6.45) is 3.41. The zero-order valence-electron chi connectivity index (χ0n) is 9.99. The van der Waals surface area contributed by atoms with Crippen molar-refractivity contribution in [2.75, 3.05) is 32.1 Å². The van der Waals surface area contributed by atoms with Crippen LogP contribution in [0.1, 0.15) is 0 Å². The van der Waals surface area contributed by atoms with Gasteiger partial charge in [0.25, 0.3) is 0 Å². The maximum absolute atomic E-state index is 12.1. The van der Waals surface area contributed by atoms with Crippen molar-refractivity contribution in [3.8, 4) is 0 Å². The Balaban J connectivity index is 1.87. The quantitative estimate of drug-likeness (QED) is 0.801. The Kier molecular flexibility index (Phi) is 4.98. The number of hydrogen-bond donors (Lipinski definition) is 1. The zero-order chi connectivity index (χ0) is 12.8. The molecule has 2 rings (SSSR count). The third kappa shape index (κ3) is 3.44. The van der Waals surface area contributed by atoms with Gasteiger partial charge in [0.2, 0.25) is 5.91 Å². The number of thioether (sulfide) groups is 1. The molecule has 0 spiro atoms. The van der Waals surface area contributed by atoms with Crippen molar-refractivity contribution in [3.05, 3.63) is 24.5 Å². The molecule has 1 fully saturated rings. The predicted octanol–water partition coefficient (Wildman–Crippen LogP) is 0.393. The van der Waals surface area contributed by atoms with E-state index in [1.54, 1.807) is 17.3 Å². The molecular formula is C12H16N2O3S. The monoisotopic (exact) mass is 268 g/mol. The van der Waals surface area contributed by atoms with Gasteiger partial charge in [-0.2, -0.15) is 0 Å². The van der Waals surface area contributed by atoms with E-state index in [-0.39, 0.29) is 18.6 Å². The minimum absolute atomic E-state index is 0.0409. The predicted molar refractivity (Wildman–Crippen MR) is 68.4 cm³/mol. The summed E-state index contributed by atoms with van der Waals surface area (Å²) in [5, 5.41) is 9.21. The van der Waals surface area contributed by atoms with E-state index in [0.29, 0.717) is 25.5 Å². The summed E-state index contributed by atoms with van der Waals surface area (Å²) >= 11 is 1.48. The van der Waals surface area contributed by atoms with E-state index in [1.807, 2.05) is 12.1 Å². The lowest BCUT2D eigenvalue weighted by Gasteiger charge is -2.34. The molecule has 2 heterocycles. The Labute approximate surface area is 110 Å². The van der Waals surface area contributed by atoms with Gasteiger partial charge in [0, 0.05) is 23.8 Å². The Morgan fingerprint density at radius 2 is 2.33 bits per heavy atom. The third-order valence-corrected chi connectivity index (χ3v) is 3.77. The maximum atomic E-state index is 12.1. The normalized spacial score (nSPS) is 19.8. The van der Waals surface area contributed by atoms with Crippen LogP contribution in [0.4, 0.5) is 0 Å². The SMILES string of the molecule is O=C(CSc1ccncc1)N1CCOC[C@@H]1CO. The van der Waals surface area contributed by atoms with E-state index < -0.39 is 0 Å². The summed E-state index contributed by atoms with van der Waals surface area (Å²) in [4.78, 5) is 18.7. The van der Waals surface area contributed by atoms with Gasteiger partial charge in [0.1, 0.15) is 0 Å². The molecule has 1 amide bonds. The second kappa shape index (κ2) is 6.72. The fraction of sp³-hybridized carbons (Fsp3) is 0.500. The lowest BCUT2D eigenvalue weighted by molar-refractivity contribution is -0.138. The molecule has 0 radical (unpaired) electrons. The minimum atomic E-state index is -0.204. The summed E-state index contributed by atoms with van der Waals surface area (Å²) in [5.74, 6) is 0.416. The van der Waals surface area contributed by atoms with Crippen LogP contribution in [-0.2, 0) is 9.53 Å². The number of nitrogens with zero attached hydrogens (tertiary/aromatic N) is 2. The average molecular weight is 268 g/mol. The number of aliphatic hydroxyl groups is 1. The van der Waals surface area contributed by atoms with Crippen LogP contribution >= 0.6 is 11.8 Å². The number of amides is 1. The van der Waals surface area contributed by atoms with E-state index in [4.69, 9.17) is 4.74 Å². The first-order valence-corrected chi connectivity index (χ1v) is 6.80. The molecule has 0 saturated carbocycles. The van der Waals surface area contributed by atoms with E-state index in [2.05, 4.69) is 4.98 Å². The van der Waals surface area contributed by atoms with Gasteiger partial charge in [-0.3, -0.25) is 9.78 Å². The minimum Gasteiger partial charge on any atom is -0.394 e. The number of pyridine rings is 1. The molecule has 0 aliphatic carbocycles.